The van der Waals surface area contributed by atoms with Gasteiger partial charge in [0.2, 0.25) is 0 Å². The molecule has 0 radical (unpaired) electrons. The number of benzene rings is 3. The Labute approximate surface area is 168 Å². The highest BCUT2D eigenvalue weighted by atomic mass is 16.1. The predicted molar refractivity (Wildman–Crippen MR) is 120 cm³/mol. The smallest absolute Gasteiger partial charge is 0.263 e. The normalized spacial score (nSPS) is 11.2. The van der Waals surface area contributed by atoms with Crippen LogP contribution in [0.3, 0.4) is 0 Å². The lowest BCUT2D eigenvalue weighted by Crippen LogP contribution is -2.22. The van der Waals surface area contributed by atoms with Crippen molar-refractivity contribution < 1.29 is 0 Å². The number of pyridine rings is 2. The summed E-state index contributed by atoms with van der Waals surface area (Å²) in [6, 6.07) is 28.2. The highest BCUT2D eigenvalue weighted by Crippen LogP contribution is 2.29. The summed E-state index contributed by atoms with van der Waals surface area (Å²) >= 11 is 0. The summed E-state index contributed by atoms with van der Waals surface area (Å²) in [7, 11) is 0. The molecule has 2 aromatic heterocycles. The van der Waals surface area contributed by atoms with Crippen LogP contribution in [-0.4, -0.2) is 9.55 Å². The van der Waals surface area contributed by atoms with Crippen LogP contribution in [0, 0.1) is 0 Å². The van der Waals surface area contributed by atoms with Crippen molar-refractivity contribution in [1.29, 1.82) is 0 Å². The second kappa shape index (κ2) is 7.02. The molecule has 0 fully saturated rings. The maximum absolute atomic E-state index is 13.7. The van der Waals surface area contributed by atoms with Crippen LogP contribution in [0.4, 0.5) is 0 Å². The van der Waals surface area contributed by atoms with Crippen molar-refractivity contribution >= 4 is 21.7 Å². The van der Waals surface area contributed by atoms with E-state index in [1.54, 1.807) is 0 Å². The van der Waals surface area contributed by atoms with E-state index in [2.05, 4.69) is 30.1 Å². The molecular formula is C26H20N2O. The van der Waals surface area contributed by atoms with Gasteiger partial charge in [0.15, 0.2) is 0 Å². The molecule has 3 nitrogen and oxygen atoms in total. The largest absolute Gasteiger partial charge is 0.281 e. The summed E-state index contributed by atoms with van der Waals surface area (Å²) < 4.78 is 1.83. The fraction of sp³-hybridized carbons (Fsp3) is 0.0769. The molecule has 29 heavy (non-hydrogen) atoms. The van der Waals surface area contributed by atoms with Gasteiger partial charge in [0, 0.05) is 28.5 Å². The minimum absolute atomic E-state index is 0.00862. The molecule has 0 N–H and O–H groups in total. The van der Waals surface area contributed by atoms with Crippen molar-refractivity contribution in [2.24, 2.45) is 0 Å². The molecule has 3 aromatic carbocycles. The lowest BCUT2D eigenvalue weighted by atomic mass is 9.98. The third-order valence-electron chi connectivity index (χ3n) is 5.40. The van der Waals surface area contributed by atoms with Crippen LogP contribution in [0.1, 0.15) is 12.6 Å². The van der Waals surface area contributed by atoms with Gasteiger partial charge in [0.1, 0.15) is 0 Å². The third-order valence-corrected chi connectivity index (χ3v) is 5.40. The predicted octanol–water partition coefficient (Wildman–Crippen LogP) is 5.77. The zero-order valence-electron chi connectivity index (χ0n) is 16.2. The van der Waals surface area contributed by atoms with Gasteiger partial charge in [-0.15, -0.1) is 0 Å². The summed E-state index contributed by atoms with van der Waals surface area (Å²) in [4.78, 5) is 18.3. The number of rotatable bonds is 3. The van der Waals surface area contributed by atoms with E-state index in [1.807, 2.05) is 77.5 Å². The Balaban J connectivity index is 1.84. The number of aromatic nitrogens is 2. The highest BCUT2D eigenvalue weighted by Gasteiger charge is 2.14. The van der Waals surface area contributed by atoms with Gasteiger partial charge in [0.05, 0.1) is 10.9 Å². The van der Waals surface area contributed by atoms with Crippen LogP contribution in [0.25, 0.3) is 38.5 Å². The van der Waals surface area contributed by atoms with Crippen LogP contribution in [0.15, 0.2) is 95.9 Å². The minimum atomic E-state index is 0.00862. The number of hydrogen-bond acceptors (Lipinski definition) is 2. The molecule has 5 aromatic rings. The molecule has 2 heterocycles. The zero-order chi connectivity index (χ0) is 19.8. The van der Waals surface area contributed by atoms with Gasteiger partial charge in [-0.2, -0.15) is 0 Å². The van der Waals surface area contributed by atoms with Crippen LogP contribution in [-0.2, 0) is 6.42 Å². The Morgan fingerprint density at radius 3 is 2.41 bits per heavy atom. The fourth-order valence-corrected chi connectivity index (χ4v) is 3.99. The molecule has 0 saturated heterocycles. The first kappa shape index (κ1) is 17.4. The fourth-order valence-electron chi connectivity index (χ4n) is 3.99. The number of hydrogen-bond donors (Lipinski definition) is 0. The average Bonchev–Trinajstić information content (AvgIpc) is 2.78. The Morgan fingerprint density at radius 2 is 1.59 bits per heavy atom. The number of fused-ring (bicyclic) bond motifs is 2. The van der Waals surface area contributed by atoms with Crippen LogP contribution >= 0.6 is 0 Å². The first-order valence-electron chi connectivity index (χ1n) is 9.84. The number of aryl methyl sites for hydroxylation is 1. The lowest BCUT2D eigenvalue weighted by Gasteiger charge is -2.15. The molecule has 0 aliphatic carbocycles. The van der Waals surface area contributed by atoms with E-state index in [9.17, 15) is 4.79 Å². The van der Waals surface area contributed by atoms with Crippen molar-refractivity contribution in [3.05, 3.63) is 107 Å². The van der Waals surface area contributed by atoms with Gasteiger partial charge in [-0.25, -0.2) is 0 Å². The van der Waals surface area contributed by atoms with Crippen LogP contribution in [0.2, 0.25) is 0 Å². The molecule has 0 atom stereocenters. The Bertz CT molecular complexity index is 1400. The lowest BCUT2D eigenvalue weighted by molar-refractivity contribution is 0.889. The van der Waals surface area contributed by atoms with Crippen molar-refractivity contribution in [2.75, 3.05) is 0 Å². The molecule has 0 aliphatic heterocycles. The van der Waals surface area contributed by atoms with E-state index in [4.69, 9.17) is 0 Å². The second-order valence-electron chi connectivity index (χ2n) is 7.15. The van der Waals surface area contributed by atoms with E-state index >= 15 is 0 Å². The van der Waals surface area contributed by atoms with Crippen molar-refractivity contribution in [1.82, 2.24) is 9.55 Å². The molecule has 3 heteroatoms. The summed E-state index contributed by atoms with van der Waals surface area (Å²) in [6.07, 6.45) is 2.64. The maximum Gasteiger partial charge on any atom is 0.263 e. The number of para-hydroxylation sites is 2. The molecule has 0 unspecified atom stereocenters. The average molecular weight is 376 g/mol. The van der Waals surface area contributed by atoms with Crippen LogP contribution in [0.5, 0.6) is 0 Å². The maximum atomic E-state index is 13.7. The summed E-state index contributed by atoms with van der Waals surface area (Å²) in [5.41, 5.74) is 4.72. The Kier molecular flexibility index (Phi) is 4.21. The molecular weight excluding hydrogens is 356 g/mol. The molecule has 140 valence electrons. The van der Waals surface area contributed by atoms with Crippen molar-refractivity contribution in [3.8, 4) is 16.8 Å². The Morgan fingerprint density at radius 1 is 0.828 bits per heavy atom. The minimum Gasteiger partial charge on any atom is -0.281 e. The van der Waals surface area contributed by atoms with Gasteiger partial charge >= 0.3 is 0 Å². The SMILES string of the molecule is CCc1cc2cccc(-c3cnc4ccccc4c3)c2c(=O)n1-c1ccccc1. The van der Waals surface area contributed by atoms with Crippen molar-refractivity contribution in [2.45, 2.75) is 13.3 Å². The van der Waals surface area contributed by atoms with Crippen LogP contribution < -0.4 is 5.56 Å². The summed E-state index contributed by atoms with van der Waals surface area (Å²) in [5.74, 6) is 0. The van der Waals surface area contributed by atoms with E-state index in [-0.39, 0.29) is 5.56 Å². The van der Waals surface area contributed by atoms with E-state index in [0.29, 0.717) is 0 Å². The van der Waals surface area contributed by atoms with E-state index < -0.39 is 0 Å². The Hall–Kier alpha value is -3.72. The van der Waals surface area contributed by atoms with E-state index in [0.717, 1.165) is 50.6 Å². The van der Waals surface area contributed by atoms with Gasteiger partial charge in [0.25, 0.3) is 5.56 Å². The quantitative estimate of drug-likeness (QED) is 0.401. The number of nitrogens with zero attached hydrogens (tertiary/aromatic N) is 2. The zero-order valence-corrected chi connectivity index (χ0v) is 16.2. The van der Waals surface area contributed by atoms with Gasteiger partial charge < -0.3 is 0 Å². The van der Waals surface area contributed by atoms with Gasteiger partial charge in [-0.1, -0.05) is 61.5 Å². The summed E-state index contributed by atoms with van der Waals surface area (Å²) in [6.45, 7) is 2.08. The molecule has 0 bridgehead atoms. The molecule has 5 rings (SSSR count). The first-order valence-corrected chi connectivity index (χ1v) is 9.84. The molecule has 0 aliphatic rings. The second-order valence-corrected chi connectivity index (χ2v) is 7.15. The van der Waals surface area contributed by atoms with Crippen molar-refractivity contribution in [3.63, 3.8) is 0 Å². The third kappa shape index (κ3) is 2.92. The molecule has 0 saturated carbocycles. The highest BCUT2D eigenvalue weighted by molar-refractivity contribution is 5.98. The standard InChI is InChI=1S/C26H20N2O/c1-2-21-16-19-10-8-13-23(20-15-18-9-6-7-14-24(18)27-17-20)25(19)26(29)28(21)22-11-4-3-5-12-22/h3-17H,2H2,1H3. The van der Waals surface area contributed by atoms with E-state index in [1.165, 1.54) is 0 Å². The monoisotopic (exact) mass is 376 g/mol. The summed E-state index contributed by atoms with van der Waals surface area (Å²) in [5, 5.41) is 2.76. The topological polar surface area (TPSA) is 34.9 Å². The first-order chi connectivity index (χ1) is 14.3. The molecule has 0 amide bonds. The van der Waals surface area contributed by atoms with Gasteiger partial charge in [-0.05, 0) is 47.7 Å². The molecule has 0 spiro atoms. The van der Waals surface area contributed by atoms with Gasteiger partial charge in [-0.3, -0.25) is 14.3 Å².